The molecular formula is C17H13NO4. The molecule has 5 heteroatoms. The number of esters is 1. The Morgan fingerprint density at radius 3 is 2.50 bits per heavy atom. The number of oxazole rings is 1. The molecule has 2 aromatic carbocycles. The Balaban J connectivity index is 1.77. The normalized spacial score (nSPS) is 10.6. The molecule has 0 saturated heterocycles. The zero-order valence-corrected chi connectivity index (χ0v) is 11.9. The number of nitrogens with zero attached hydrogens (tertiary/aromatic N) is 1. The molecule has 0 saturated carbocycles. The van der Waals surface area contributed by atoms with Crippen LogP contribution in [0.2, 0.25) is 0 Å². The first-order valence-corrected chi connectivity index (χ1v) is 6.73. The van der Waals surface area contributed by atoms with E-state index < -0.39 is 5.97 Å². The van der Waals surface area contributed by atoms with Gasteiger partial charge in [-0.25, -0.2) is 9.78 Å². The zero-order valence-electron chi connectivity index (χ0n) is 11.9. The fourth-order valence-electron chi connectivity index (χ4n) is 2.13. The van der Waals surface area contributed by atoms with Crippen molar-refractivity contribution in [2.24, 2.45) is 0 Å². The van der Waals surface area contributed by atoms with Crippen molar-refractivity contribution in [1.29, 1.82) is 0 Å². The molecular weight excluding hydrogens is 282 g/mol. The number of aromatic nitrogens is 1. The predicted octanol–water partition coefficient (Wildman–Crippen LogP) is 3.04. The van der Waals surface area contributed by atoms with Crippen LogP contribution in [0.3, 0.4) is 0 Å². The van der Waals surface area contributed by atoms with Crippen molar-refractivity contribution in [2.75, 3.05) is 7.11 Å². The van der Waals surface area contributed by atoms with E-state index in [2.05, 4.69) is 9.72 Å². The standard InChI is InChI=1S/C17H13NO4/c1-21-17(20)12-8-6-11(7-9-12)10-14(19)16-18-13-4-2-3-5-15(13)22-16/h2-9H,10H2,1H3. The number of ether oxygens (including phenoxy) is 1. The molecule has 0 aliphatic carbocycles. The Morgan fingerprint density at radius 2 is 1.82 bits per heavy atom. The van der Waals surface area contributed by atoms with E-state index in [4.69, 9.17) is 4.42 Å². The van der Waals surface area contributed by atoms with E-state index in [9.17, 15) is 9.59 Å². The summed E-state index contributed by atoms with van der Waals surface area (Å²) >= 11 is 0. The molecule has 0 spiro atoms. The van der Waals surface area contributed by atoms with E-state index in [1.807, 2.05) is 12.1 Å². The van der Waals surface area contributed by atoms with Gasteiger partial charge in [-0.1, -0.05) is 24.3 Å². The van der Waals surface area contributed by atoms with E-state index in [1.54, 1.807) is 36.4 Å². The van der Waals surface area contributed by atoms with Crippen LogP contribution in [0.1, 0.15) is 26.6 Å². The molecule has 1 aromatic heterocycles. The van der Waals surface area contributed by atoms with Gasteiger partial charge in [0.15, 0.2) is 5.58 Å². The minimum atomic E-state index is -0.406. The summed E-state index contributed by atoms with van der Waals surface area (Å²) in [4.78, 5) is 27.7. The summed E-state index contributed by atoms with van der Waals surface area (Å²) in [6.07, 6.45) is 0.161. The highest BCUT2D eigenvalue weighted by Gasteiger charge is 2.15. The molecule has 5 nitrogen and oxygen atoms in total. The number of carbonyl (C=O) groups is 2. The van der Waals surface area contributed by atoms with Crippen LogP contribution in [0.4, 0.5) is 0 Å². The Hall–Kier alpha value is -2.95. The van der Waals surface area contributed by atoms with Crippen LogP contribution in [-0.4, -0.2) is 23.8 Å². The van der Waals surface area contributed by atoms with Gasteiger partial charge in [0.25, 0.3) is 5.89 Å². The molecule has 0 unspecified atom stereocenters. The van der Waals surface area contributed by atoms with Crippen molar-refractivity contribution >= 4 is 22.9 Å². The molecule has 0 N–H and O–H groups in total. The van der Waals surface area contributed by atoms with E-state index in [0.717, 1.165) is 5.56 Å². The maximum Gasteiger partial charge on any atom is 0.337 e. The Labute approximate surface area is 126 Å². The van der Waals surface area contributed by atoms with Gasteiger partial charge < -0.3 is 9.15 Å². The molecule has 0 atom stereocenters. The molecule has 0 radical (unpaired) electrons. The fourth-order valence-corrected chi connectivity index (χ4v) is 2.13. The number of hydrogen-bond acceptors (Lipinski definition) is 5. The molecule has 0 amide bonds. The van der Waals surface area contributed by atoms with Crippen molar-refractivity contribution in [3.8, 4) is 0 Å². The average molecular weight is 295 g/mol. The number of carbonyl (C=O) groups excluding carboxylic acids is 2. The van der Waals surface area contributed by atoms with E-state index in [1.165, 1.54) is 7.11 Å². The monoisotopic (exact) mass is 295 g/mol. The number of ketones is 1. The van der Waals surface area contributed by atoms with Crippen molar-refractivity contribution < 1.29 is 18.7 Å². The van der Waals surface area contributed by atoms with Gasteiger partial charge in [0, 0.05) is 6.42 Å². The first kappa shape index (κ1) is 14.0. The van der Waals surface area contributed by atoms with Gasteiger partial charge in [0.1, 0.15) is 5.52 Å². The van der Waals surface area contributed by atoms with Gasteiger partial charge in [-0.2, -0.15) is 0 Å². The highest BCUT2D eigenvalue weighted by molar-refractivity contribution is 5.95. The van der Waals surface area contributed by atoms with Crippen LogP contribution >= 0.6 is 0 Å². The third-order valence-corrected chi connectivity index (χ3v) is 3.27. The van der Waals surface area contributed by atoms with E-state index >= 15 is 0 Å². The zero-order chi connectivity index (χ0) is 15.5. The van der Waals surface area contributed by atoms with Crippen LogP contribution in [0.25, 0.3) is 11.1 Å². The molecule has 0 fully saturated rings. The summed E-state index contributed by atoms with van der Waals surface area (Å²) < 4.78 is 10.1. The topological polar surface area (TPSA) is 69.4 Å². The summed E-state index contributed by atoms with van der Waals surface area (Å²) in [5, 5.41) is 0. The summed E-state index contributed by atoms with van der Waals surface area (Å²) in [6, 6.07) is 13.9. The number of benzene rings is 2. The van der Waals surface area contributed by atoms with Crippen LogP contribution in [0, 0.1) is 0 Å². The molecule has 1 heterocycles. The number of Topliss-reactive ketones (excluding diaryl/α,β-unsaturated/α-hetero) is 1. The van der Waals surface area contributed by atoms with Crippen LogP contribution in [0.15, 0.2) is 52.9 Å². The smallest absolute Gasteiger partial charge is 0.337 e. The second kappa shape index (κ2) is 5.81. The molecule has 0 aliphatic rings. The quantitative estimate of drug-likeness (QED) is 0.546. The SMILES string of the molecule is COC(=O)c1ccc(CC(=O)c2nc3ccccc3o2)cc1. The molecule has 22 heavy (non-hydrogen) atoms. The lowest BCUT2D eigenvalue weighted by atomic mass is 10.1. The lowest BCUT2D eigenvalue weighted by Crippen LogP contribution is -2.05. The Kier molecular flexibility index (Phi) is 3.70. The van der Waals surface area contributed by atoms with Crippen molar-refractivity contribution in [2.45, 2.75) is 6.42 Å². The molecule has 3 aromatic rings. The highest BCUT2D eigenvalue weighted by Crippen LogP contribution is 2.16. The van der Waals surface area contributed by atoms with Crippen LogP contribution in [-0.2, 0) is 11.2 Å². The minimum absolute atomic E-state index is 0.0956. The molecule has 0 aliphatic heterocycles. The van der Waals surface area contributed by atoms with Crippen molar-refractivity contribution in [3.63, 3.8) is 0 Å². The maximum atomic E-state index is 12.2. The summed E-state index contributed by atoms with van der Waals surface area (Å²) in [7, 11) is 1.33. The van der Waals surface area contributed by atoms with Gasteiger partial charge in [-0.3, -0.25) is 4.79 Å². The average Bonchev–Trinajstić information content (AvgIpc) is 2.99. The van der Waals surface area contributed by atoms with E-state index in [0.29, 0.717) is 16.7 Å². The third kappa shape index (κ3) is 2.74. The van der Waals surface area contributed by atoms with Gasteiger partial charge in [0.05, 0.1) is 12.7 Å². The van der Waals surface area contributed by atoms with Crippen molar-refractivity contribution in [1.82, 2.24) is 4.98 Å². The summed E-state index contributed by atoms with van der Waals surface area (Å²) in [5.74, 6) is -0.517. The summed E-state index contributed by atoms with van der Waals surface area (Å²) in [6.45, 7) is 0. The van der Waals surface area contributed by atoms with Crippen LogP contribution in [0.5, 0.6) is 0 Å². The lowest BCUT2D eigenvalue weighted by molar-refractivity contribution is 0.0600. The van der Waals surface area contributed by atoms with Crippen LogP contribution < -0.4 is 0 Å². The second-order valence-electron chi connectivity index (χ2n) is 4.78. The first-order chi connectivity index (χ1) is 10.7. The van der Waals surface area contributed by atoms with E-state index in [-0.39, 0.29) is 18.1 Å². The van der Waals surface area contributed by atoms with Gasteiger partial charge in [-0.05, 0) is 29.8 Å². The first-order valence-electron chi connectivity index (χ1n) is 6.73. The Bertz CT molecular complexity index is 800. The lowest BCUT2D eigenvalue weighted by Gasteiger charge is -2.01. The predicted molar refractivity (Wildman–Crippen MR) is 79.8 cm³/mol. The number of hydrogen-bond donors (Lipinski definition) is 0. The molecule has 110 valence electrons. The highest BCUT2D eigenvalue weighted by atomic mass is 16.5. The maximum absolute atomic E-state index is 12.2. The molecule has 3 rings (SSSR count). The van der Waals surface area contributed by atoms with Crippen molar-refractivity contribution in [3.05, 3.63) is 65.5 Å². The number of fused-ring (bicyclic) bond motifs is 1. The number of para-hydroxylation sites is 2. The minimum Gasteiger partial charge on any atom is -0.465 e. The molecule has 0 bridgehead atoms. The van der Waals surface area contributed by atoms with Gasteiger partial charge in [-0.15, -0.1) is 0 Å². The number of methoxy groups -OCH3 is 1. The fraction of sp³-hybridized carbons (Fsp3) is 0.118. The Morgan fingerprint density at radius 1 is 1.09 bits per heavy atom. The number of rotatable bonds is 4. The van der Waals surface area contributed by atoms with Gasteiger partial charge >= 0.3 is 5.97 Å². The van der Waals surface area contributed by atoms with Gasteiger partial charge in [0.2, 0.25) is 5.78 Å². The largest absolute Gasteiger partial charge is 0.465 e. The third-order valence-electron chi connectivity index (χ3n) is 3.27. The summed E-state index contributed by atoms with van der Waals surface area (Å²) in [5.41, 5.74) is 2.47. The second-order valence-corrected chi connectivity index (χ2v) is 4.78.